The summed E-state index contributed by atoms with van der Waals surface area (Å²) in [6, 6.07) is 21.2. The van der Waals surface area contributed by atoms with Crippen molar-refractivity contribution in [2.24, 2.45) is 0 Å². The average Bonchev–Trinajstić information content (AvgIpc) is 2.78. The zero-order valence-corrected chi connectivity index (χ0v) is 19.5. The van der Waals surface area contributed by atoms with Crippen LogP contribution in [0.25, 0.3) is 5.57 Å². The van der Waals surface area contributed by atoms with Gasteiger partial charge in [0.05, 0.1) is 5.56 Å². The normalized spacial score (nSPS) is 14.9. The number of rotatable bonds is 7. The van der Waals surface area contributed by atoms with E-state index in [9.17, 15) is 13.2 Å². The third kappa shape index (κ3) is 5.62. The van der Waals surface area contributed by atoms with Gasteiger partial charge in [0.1, 0.15) is 23.7 Å². The van der Waals surface area contributed by atoms with Crippen LogP contribution < -0.4 is 9.47 Å². The Hall–Kier alpha value is -3.25. The lowest BCUT2D eigenvalue weighted by Gasteiger charge is -2.32. The van der Waals surface area contributed by atoms with Crippen LogP contribution in [0.5, 0.6) is 11.5 Å². The monoisotopic (exact) mass is 467 g/mol. The van der Waals surface area contributed by atoms with Crippen molar-refractivity contribution >= 4 is 5.57 Å². The fraction of sp³-hybridized carbons (Fsp3) is 0.286. The highest BCUT2D eigenvalue weighted by Crippen LogP contribution is 2.44. The van der Waals surface area contributed by atoms with E-state index in [1.807, 2.05) is 39.1 Å². The van der Waals surface area contributed by atoms with Crippen LogP contribution in [0.1, 0.15) is 36.1 Å². The third-order valence-electron chi connectivity index (χ3n) is 5.67. The van der Waals surface area contributed by atoms with Crippen LogP contribution in [-0.2, 0) is 12.7 Å². The quantitative estimate of drug-likeness (QED) is 0.381. The summed E-state index contributed by atoms with van der Waals surface area (Å²) in [5.41, 5.74) is 1.07. The van der Waals surface area contributed by atoms with E-state index in [1.165, 1.54) is 17.7 Å². The summed E-state index contributed by atoms with van der Waals surface area (Å²) in [6.07, 6.45) is -2.70. The fourth-order valence-corrected chi connectivity index (χ4v) is 4.12. The Morgan fingerprint density at radius 1 is 0.912 bits per heavy atom. The molecule has 3 aromatic carbocycles. The van der Waals surface area contributed by atoms with E-state index < -0.39 is 17.3 Å². The first-order valence-corrected chi connectivity index (χ1v) is 11.2. The second-order valence-electron chi connectivity index (χ2n) is 9.04. The molecule has 0 unspecified atom stereocenters. The molecule has 1 heterocycles. The van der Waals surface area contributed by atoms with Crippen LogP contribution >= 0.6 is 0 Å². The summed E-state index contributed by atoms with van der Waals surface area (Å²) in [4.78, 5) is 2.17. The van der Waals surface area contributed by atoms with E-state index >= 15 is 0 Å². The van der Waals surface area contributed by atoms with Gasteiger partial charge >= 0.3 is 6.18 Å². The number of benzene rings is 3. The molecule has 0 saturated carbocycles. The third-order valence-corrected chi connectivity index (χ3v) is 5.67. The molecular weight excluding hydrogens is 439 g/mol. The van der Waals surface area contributed by atoms with Gasteiger partial charge in [-0.3, -0.25) is 4.90 Å². The molecule has 0 radical (unpaired) electrons. The summed E-state index contributed by atoms with van der Waals surface area (Å²) in [7, 11) is 2.03. The lowest BCUT2D eigenvalue weighted by atomic mass is 9.87. The number of fused-ring (bicyclic) bond motifs is 1. The maximum absolute atomic E-state index is 13.7. The molecule has 0 aliphatic carbocycles. The second kappa shape index (κ2) is 9.55. The first-order valence-electron chi connectivity index (χ1n) is 11.2. The van der Waals surface area contributed by atoms with Gasteiger partial charge in [-0.1, -0.05) is 48.5 Å². The van der Waals surface area contributed by atoms with Crippen LogP contribution in [0.2, 0.25) is 0 Å². The molecule has 1 aliphatic heterocycles. The Balaban J connectivity index is 1.52. The average molecular weight is 468 g/mol. The zero-order chi connectivity index (χ0) is 24.3. The number of halogens is 3. The Kier molecular flexibility index (Phi) is 6.71. The van der Waals surface area contributed by atoms with E-state index in [0.29, 0.717) is 29.2 Å². The van der Waals surface area contributed by atoms with Gasteiger partial charge in [0.2, 0.25) is 0 Å². The number of hydrogen-bond acceptors (Lipinski definition) is 3. The summed E-state index contributed by atoms with van der Waals surface area (Å²) < 4.78 is 53.1. The molecule has 6 heteroatoms. The van der Waals surface area contributed by atoms with Gasteiger partial charge < -0.3 is 9.47 Å². The van der Waals surface area contributed by atoms with Gasteiger partial charge in [-0.15, -0.1) is 0 Å². The van der Waals surface area contributed by atoms with Crippen molar-refractivity contribution in [3.63, 3.8) is 0 Å². The minimum absolute atomic E-state index is 0.142. The van der Waals surface area contributed by atoms with E-state index in [1.54, 1.807) is 30.3 Å². The molecule has 1 aliphatic rings. The largest absolute Gasteiger partial charge is 0.492 e. The van der Waals surface area contributed by atoms with Crippen LogP contribution in [-0.4, -0.2) is 30.7 Å². The summed E-state index contributed by atoms with van der Waals surface area (Å²) >= 11 is 0. The topological polar surface area (TPSA) is 21.7 Å². The smallest absolute Gasteiger partial charge is 0.417 e. The van der Waals surface area contributed by atoms with Crippen molar-refractivity contribution in [2.45, 2.75) is 32.2 Å². The minimum Gasteiger partial charge on any atom is -0.492 e. The maximum atomic E-state index is 13.7. The molecule has 0 spiro atoms. The van der Waals surface area contributed by atoms with Crippen molar-refractivity contribution in [1.82, 2.24) is 4.90 Å². The molecule has 0 atom stereocenters. The van der Waals surface area contributed by atoms with E-state index in [0.717, 1.165) is 19.2 Å². The van der Waals surface area contributed by atoms with Gasteiger partial charge in [0.25, 0.3) is 0 Å². The lowest BCUT2D eigenvalue weighted by molar-refractivity contribution is -0.137. The molecular formula is C28H28F3NO2. The van der Waals surface area contributed by atoms with E-state index in [-0.39, 0.29) is 5.56 Å². The Morgan fingerprint density at radius 3 is 2.35 bits per heavy atom. The van der Waals surface area contributed by atoms with Crippen molar-refractivity contribution in [1.29, 1.82) is 0 Å². The molecule has 3 nitrogen and oxygen atoms in total. The molecule has 0 saturated heterocycles. The standard InChI is InChI=1S/C28H28F3NO2/c1-27(2)18-24(22-11-7-8-12-25(22)28(29,30)31)23-14-13-21(17-26(23)34-27)33-16-15-32(3)19-20-9-5-4-6-10-20/h4-14,17-18H,15-16,19H2,1-3H3. The maximum Gasteiger partial charge on any atom is 0.417 e. The van der Waals surface area contributed by atoms with Crippen molar-refractivity contribution in [2.75, 3.05) is 20.2 Å². The number of hydrogen-bond donors (Lipinski definition) is 0. The first kappa shape index (κ1) is 23.9. The molecule has 3 aromatic rings. The molecule has 34 heavy (non-hydrogen) atoms. The number of likely N-dealkylation sites (N-methyl/N-ethyl adjacent to an activating group) is 1. The molecule has 4 rings (SSSR count). The van der Waals surface area contributed by atoms with Crippen molar-refractivity contribution < 1.29 is 22.6 Å². The minimum atomic E-state index is -4.45. The van der Waals surface area contributed by atoms with Crippen LogP contribution in [0.15, 0.2) is 78.9 Å². The molecule has 178 valence electrons. The summed E-state index contributed by atoms with van der Waals surface area (Å²) in [6.45, 7) is 5.68. The predicted octanol–water partition coefficient (Wildman–Crippen LogP) is 6.82. The SMILES string of the molecule is CN(CCOc1ccc2c(c1)OC(C)(C)C=C2c1ccccc1C(F)(F)F)Cc1ccccc1. The van der Waals surface area contributed by atoms with Gasteiger partial charge in [-0.05, 0) is 61.9 Å². The zero-order valence-electron chi connectivity index (χ0n) is 19.5. The summed E-state index contributed by atoms with van der Waals surface area (Å²) in [5.74, 6) is 1.13. The molecule has 0 amide bonds. The Morgan fingerprint density at radius 2 is 1.62 bits per heavy atom. The van der Waals surface area contributed by atoms with Crippen molar-refractivity contribution in [3.05, 3.63) is 101 Å². The highest BCUT2D eigenvalue weighted by molar-refractivity contribution is 5.86. The van der Waals surface area contributed by atoms with Gasteiger partial charge in [0.15, 0.2) is 0 Å². The summed E-state index contributed by atoms with van der Waals surface area (Å²) in [5, 5.41) is 0. The van der Waals surface area contributed by atoms with Crippen LogP contribution in [0, 0.1) is 0 Å². The van der Waals surface area contributed by atoms with Gasteiger partial charge in [-0.25, -0.2) is 0 Å². The highest BCUT2D eigenvalue weighted by Gasteiger charge is 2.36. The fourth-order valence-electron chi connectivity index (χ4n) is 4.12. The molecule has 0 bridgehead atoms. The number of alkyl halides is 3. The van der Waals surface area contributed by atoms with Crippen LogP contribution in [0.3, 0.4) is 0 Å². The van der Waals surface area contributed by atoms with Crippen LogP contribution in [0.4, 0.5) is 13.2 Å². The molecule has 0 aromatic heterocycles. The van der Waals surface area contributed by atoms with E-state index in [2.05, 4.69) is 17.0 Å². The Labute approximate surface area is 198 Å². The number of ether oxygens (including phenoxy) is 2. The number of nitrogens with zero attached hydrogens (tertiary/aromatic N) is 1. The highest BCUT2D eigenvalue weighted by atomic mass is 19.4. The van der Waals surface area contributed by atoms with Gasteiger partial charge in [0, 0.05) is 24.7 Å². The van der Waals surface area contributed by atoms with Crippen molar-refractivity contribution in [3.8, 4) is 11.5 Å². The predicted molar refractivity (Wildman–Crippen MR) is 128 cm³/mol. The first-order chi connectivity index (χ1) is 16.1. The lowest BCUT2D eigenvalue weighted by Crippen LogP contribution is -2.29. The van der Waals surface area contributed by atoms with E-state index in [4.69, 9.17) is 9.47 Å². The molecule has 0 fully saturated rings. The van der Waals surface area contributed by atoms with Gasteiger partial charge in [-0.2, -0.15) is 13.2 Å². The second-order valence-corrected chi connectivity index (χ2v) is 9.04. The Bertz CT molecular complexity index is 1170. The molecule has 0 N–H and O–H groups in total.